The number of rotatable bonds is 6. The molecule has 5 heteroatoms. The minimum absolute atomic E-state index is 0.0262. The molecule has 0 aliphatic carbocycles. The summed E-state index contributed by atoms with van der Waals surface area (Å²) in [6.07, 6.45) is 3.43. The Labute approximate surface area is 195 Å². The van der Waals surface area contributed by atoms with Gasteiger partial charge in [-0.05, 0) is 53.6 Å². The number of nitriles is 1. The molecule has 1 aromatic heterocycles. The summed E-state index contributed by atoms with van der Waals surface area (Å²) in [6, 6.07) is 20.0. The monoisotopic (exact) mass is 441 g/mol. The highest BCUT2D eigenvalue weighted by molar-refractivity contribution is 5.83. The quantitative estimate of drug-likeness (QED) is 0.516. The van der Waals surface area contributed by atoms with E-state index in [-0.39, 0.29) is 5.56 Å². The van der Waals surface area contributed by atoms with Gasteiger partial charge in [0, 0.05) is 32.8 Å². The van der Waals surface area contributed by atoms with E-state index in [0.717, 1.165) is 65.5 Å². The molecule has 0 unspecified atom stereocenters. The van der Waals surface area contributed by atoms with Crippen LogP contribution in [0.15, 0.2) is 59.4 Å². The van der Waals surface area contributed by atoms with Crippen molar-refractivity contribution in [3.63, 3.8) is 0 Å². The van der Waals surface area contributed by atoms with Gasteiger partial charge in [0.05, 0.1) is 23.9 Å². The van der Waals surface area contributed by atoms with Gasteiger partial charge in [0.1, 0.15) is 5.69 Å². The number of nitrogens with zero attached hydrogens (tertiary/aromatic N) is 3. The molecule has 1 aliphatic rings. The normalized spacial score (nSPS) is 14.3. The molecule has 33 heavy (non-hydrogen) atoms. The second-order valence-electron chi connectivity index (χ2n) is 8.81. The Hall–Kier alpha value is -3.36. The molecule has 1 aliphatic heterocycles. The lowest BCUT2D eigenvalue weighted by Gasteiger charge is -2.33. The molecule has 3 aromatic rings. The van der Waals surface area contributed by atoms with Crippen LogP contribution < -0.4 is 10.5 Å². The first-order chi connectivity index (χ1) is 16.0. The zero-order chi connectivity index (χ0) is 23.4. The first-order valence-corrected chi connectivity index (χ1v) is 11.6. The Bertz CT molecular complexity index is 1200. The van der Waals surface area contributed by atoms with Crippen LogP contribution in [-0.4, -0.2) is 24.8 Å². The van der Waals surface area contributed by atoms with Crippen molar-refractivity contribution >= 4 is 5.69 Å². The average molecular weight is 442 g/mol. The van der Waals surface area contributed by atoms with Gasteiger partial charge in [-0.15, -0.1) is 0 Å². The Balaban J connectivity index is 1.85. The van der Waals surface area contributed by atoms with E-state index in [1.54, 1.807) is 11.7 Å². The van der Waals surface area contributed by atoms with E-state index >= 15 is 0 Å². The highest BCUT2D eigenvalue weighted by atomic mass is 16.5. The van der Waals surface area contributed by atoms with Crippen LogP contribution in [0.25, 0.3) is 22.4 Å². The number of anilines is 1. The molecular weight excluding hydrogens is 410 g/mol. The van der Waals surface area contributed by atoms with Crippen molar-refractivity contribution in [3.05, 3.63) is 76.1 Å². The second-order valence-corrected chi connectivity index (χ2v) is 8.81. The molecule has 0 bridgehead atoms. The third kappa shape index (κ3) is 4.72. The van der Waals surface area contributed by atoms with Crippen molar-refractivity contribution in [2.75, 3.05) is 25.1 Å². The van der Waals surface area contributed by atoms with Crippen molar-refractivity contribution in [2.24, 2.45) is 13.0 Å². The topological polar surface area (TPSA) is 58.3 Å². The highest BCUT2D eigenvalue weighted by Gasteiger charge is 2.23. The summed E-state index contributed by atoms with van der Waals surface area (Å²) in [5, 5.41) is 9.23. The maximum absolute atomic E-state index is 13.5. The molecule has 0 spiro atoms. The van der Waals surface area contributed by atoms with Gasteiger partial charge in [-0.25, -0.2) is 0 Å². The molecule has 2 aromatic carbocycles. The van der Waals surface area contributed by atoms with Crippen LogP contribution in [0.3, 0.4) is 0 Å². The molecule has 4 rings (SSSR count). The van der Waals surface area contributed by atoms with Gasteiger partial charge in [-0.2, -0.15) is 5.26 Å². The smallest absolute Gasteiger partial charge is 0.274 e. The van der Waals surface area contributed by atoms with E-state index in [1.807, 2.05) is 61.6 Å². The van der Waals surface area contributed by atoms with Crippen LogP contribution in [0.4, 0.5) is 5.69 Å². The standard InChI is InChI=1S/C28H31N3O2/c1-4-20-13-15-31(16-14-20)26-17-25(23-9-5-21(18-29)6-10-23)27(30(2)28(26)32)24-11-7-22(8-12-24)19-33-3/h5-12,17,20H,4,13-16,19H2,1-3H3. The Morgan fingerprint density at radius 2 is 1.67 bits per heavy atom. The lowest BCUT2D eigenvalue weighted by atomic mass is 9.93. The molecule has 2 heterocycles. The maximum Gasteiger partial charge on any atom is 0.274 e. The molecular formula is C28H31N3O2. The predicted molar refractivity (Wildman–Crippen MR) is 133 cm³/mol. The number of ether oxygens (including phenoxy) is 1. The zero-order valence-electron chi connectivity index (χ0n) is 19.7. The number of hydrogen-bond acceptors (Lipinski definition) is 4. The number of pyridine rings is 1. The van der Waals surface area contributed by atoms with Crippen LogP contribution in [-0.2, 0) is 18.4 Å². The first-order valence-electron chi connectivity index (χ1n) is 11.6. The van der Waals surface area contributed by atoms with Gasteiger partial charge in [0.2, 0.25) is 0 Å². The summed E-state index contributed by atoms with van der Waals surface area (Å²) < 4.78 is 7.02. The molecule has 170 valence electrons. The summed E-state index contributed by atoms with van der Waals surface area (Å²) in [5.74, 6) is 0.744. The predicted octanol–water partition coefficient (Wildman–Crippen LogP) is 5.36. The minimum atomic E-state index is 0.0262. The summed E-state index contributed by atoms with van der Waals surface area (Å²) in [6.45, 7) is 4.61. The van der Waals surface area contributed by atoms with Gasteiger partial charge < -0.3 is 14.2 Å². The largest absolute Gasteiger partial charge is 0.380 e. The Morgan fingerprint density at radius 1 is 1.03 bits per heavy atom. The summed E-state index contributed by atoms with van der Waals surface area (Å²) >= 11 is 0. The van der Waals surface area contributed by atoms with Crippen LogP contribution in [0.1, 0.15) is 37.3 Å². The SMILES string of the molecule is CCC1CCN(c2cc(-c3ccc(C#N)cc3)c(-c3ccc(COC)cc3)n(C)c2=O)CC1. The Kier molecular flexibility index (Phi) is 6.96. The summed E-state index contributed by atoms with van der Waals surface area (Å²) in [4.78, 5) is 15.8. The molecule has 0 saturated carbocycles. The van der Waals surface area contributed by atoms with E-state index in [4.69, 9.17) is 4.74 Å². The number of hydrogen-bond donors (Lipinski definition) is 0. The number of methoxy groups -OCH3 is 1. The van der Waals surface area contributed by atoms with Crippen molar-refractivity contribution in [2.45, 2.75) is 32.8 Å². The van der Waals surface area contributed by atoms with Gasteiger partial charge in [0.25, 0.3) is 5.56 Å². The third-order valence-corrected chi connectivity index (χ3v) is 6.79. The summed E-state index contributed by atoms with van der Waals surface area (Å²) in [7, 11) is 3.54. The van der Waals surface area contributed by atoms with Crippen molar-refractivity contribution in [3.8, 4) is 28.5 Å². The van der Waals surface area contributed by atoms with Crippen LogP contribution in [0.5, 0.6) is 0 Å². The Morgan fingerprint density at radius 3 is 2.24 bits per heavy atom. The number of aromatic nitrogens is 1. The van der Waals surface area contributed by atoms with E-state index < -0.39 is 0 Å². The summed E-state index contributed by atoms with van der Waals surface area (Å²) in [5.41, 5.74) is 6.33. The fraction of sp³-hybridized carbons (Fsp3) is 0.357. The number of benzene rings is 2. The van der Waals surface area contributed by atoms with Crippen molar-refractivity contribution in [1.82, 2.24) is 4.57 Å². The zero-order valence-corrected chi connectivity index (χ0v) is 19.7. The van der Waals surface area contributed by atoms with E-state index in [9.17, 15) is 10.1 Å². The minimum Gasteiger partial charge on any atom is -0.380 e. The van der Waals surface area contributed by atoms with Gasteiger partial charge in [-0.3, -0.25) is 4.79 Å². The fourth-order valence-corrected chi connectivity index (χ4v) is 4.75. The molecule has 5 nitrogen and oxygen atoms in total. The van der Waals surface area contributed by atoms with Gasteiger partial charge >= 0.3 is 0 Å². The first kappa shape index (κ1) is 22.8. The lowest BCUT2D eigenvalue weighted by molar-refractivity contribution is 0.185. The highest BCUT2D eigenvalue weighted by Crippen LogP contribution is 2.34. The van der Waals surface area contributed by atoms with Crippen molar-refractivity contribution < 1.29 is 4.74 Å². The van der Waals surface area contributed by atoms with Crippen molar-refractivity contribution in [1.29, 1.82) is 5.26 Å². The fourth-order valence-electron chi connectivity index (χ4n) is 4.75. The lowest BCUT2D eigenvalue weighted by Crippen LogP contribution is -2.38. The molecule has 0 amide bonds. The molecule has 0 atom stereocenters. The van der Waals surface area contributed by atoms with Crippen LogP contribution in [0.2, 0.25) is 0 Å². The van der Waals surface area contributed by atoms with Gasteiger partial charge in [-0.1, -0.05) is 49.7 Å². The molecule has 1 fully saturated rings. The second kappa shape index (κ2) is 10.1. The van der Waals surface area contributed by atoms with E-state index in [1.165, 1.54) is 6.42 Å². The molecule has 0 N–H and O–H groups in total. The van der Waals surface area contributed by atoms with Crippen LogP contribution in [0, 0.1) is 17.2 Å². The molecule has 0 radical (unpaired) electrons. The average Bonchev–Trinajstić information content (AvgIpc) is 2.86. The molecule has 1 saturated heterocycles. The van der Waals surface area contributed by atoms with E-state index in [0.29, 0.717) is 12.2 Å². The maximum atomic E-state index is 13.5. The van der Waals surface area contributed by atoms with Gasteiger partial charge in [0.15, 0.2) is 0 Å². The van der Waals surface area contributed by atoms with E-state index in [2.05, 4.69) is 17.9 Å². The number of piperidine rings is 1. The third-order valence-electron chi connectivity index (χ3n) is 6.79. The van der Waals surface area contributed by atoms with Crippen LogP contribution >= 0.6 is 0 Å².